The lowest BCUT2D eigenvalue weighted by Gasteiger charge is -2.25. The molecule has 0 rings (SSSR count). The first-order valence-electron chi connectivity index (χ1n) is 2.87. The van der Waals surface area contributed by atoms with Crippen molar-refractivity contribution < 1.29 is 56.8 Å². The smallest absolute Gasteiger partial charge is 0.176 e. The van der Waals surface area contributed by atoms with Crippen LogP contribution >= 0.6 is 0 Å². The minimum absolute atomic E-state index is 2.32. The van der Waals surface area contributed by atoms with Crippen LogP contribution in [0.1, 0.15) is 0 Å². The molecule has 1 unspecified atom stereocenters. The van der Waals surface area contributed by atoms with Gasteiger partial charge in [0.05, 0.1) is 0 Å². The zero-order valence-corrected chi connectivity index (χ0v) is 6.37. The van der Waals surface area contributed by atoms with Crippen LogP contribution in [0.3, 0.4) is 0 Å². The van der Waals surface area contributed by atoms with E-state index in [2.05, 4.69) is 29.6 Å². The van der Waals surface area contributed by atoms with Crippen molar-refractivity contribution in [2.24, 2.45) is 0 Å². The summed E-state index contributed by atoms with van der Waals surface area (Å²) in [5.41, 5.74) is 0. The fourth-order valence-corrected chi connectivity index (χ4v) is 0.538. The highest BCUT2D eigenvalue weighted by Gasteiger charge is 2.57. The van der Waals surface area contributed by atoms with Crippen LogP contribution in [0.4, 0.5) is 27.2 Å². The monoisotopic (exact) mass is 248 g/mol. The standard InChI is InChI=1S/C3H2F6O6/c4-10-1(2(11-5)12-6)3(13-7,14-8)15-9/h1-2H. The van der Waals surface area contributed by atoms with Gasteiger partial charge >= 0.3 is 5.97 Å². The Morgan fingerprint density at radius 1 is 0.667 bits per heavy atom. The second kappa shape index (κ2) is 6.76. The van der Waals surface area contributed by atoms with Gasteiger partial charge in [-0.3, -0.25) is 0 Å². The molecule has 0 spiro atoms. The van der Waals surface area contributed by atoms with Crippen LogP contribution in [0.5, 0.6) is 0 Å². The number of rotatable bonds is 8. The summed E-state index contributed by atoms with van der Waals surface area (Å²) in [4.78, 5) is 14.4. The van der Waals surface area contributed by atoms with Gasteiger partial charge in [-0.1, -0.05) is 0 Å². The van der Waals surface area contributed by atoms with E-state index in [4.69, 9.17) is 0 Å². The van der Waals surface area contributed by atoms with Crippen molar-refractivity contribution >= 4 is 0 Å². The molecule has 1 atom stereocenters. The van der Waals surface area contributed by atoms with Crippen molar-refractivity contribution in [3.05, 3.63) is 0 Å². The highest BCUT2D eigenvalue weighted by Crippen LogP contribution is 2.29. The lowest BCUT2D eigenvalue weighted by atomic mass is 10.3. The Hall–Kier alpha value is -0.660. The number of hydrogen-bond acceptors (Lipinski definition) is 6. The molecule has 15 heavy (non-hydrogen) atoms. The Bertz CT molecular complexity index is 155. The lowest BCUT2D eigenvalue weighted by molar-refractivity contribution is -0.593. The van der Waals surface area contributed by atoms with Crippen LogP contribution in [0, 0.1) is 0 Å². The molecule has 0 aliphatic heterocycles. The summed E-state index contributed by atoms with van der Waals surface area (Å²) in [6.07, 6.45) is -6.30. The van der Waals surface area contributed by atoms with Crippen molar-refractivity contribution in [3.63, 3.8) is 0 Å². The minimum atomic E-state index is -4.21. The van der Waals surface area contributed by atoms with E-state index in [1.807, 2.05) is 0 Å². The van der Waals surface area contributed by atoms with Gasteiger partial charge in [0.2, 0.25) is 6.10 Å². The van der Waals surface area contributed by atoms with E-state index < -0.39 is 18.4 Å². The summed E-state index contributed by atoms with van der Waals surface area (Å²) in [6.45, 7) is 0. The number of halogens is 6. The fraction of sp³-hybridized carbons (Fsp3) is 1.00. The molecule has 0 amide bonds. The predicted molar refractivity (Wildman–Crippen MR) is 23.5 cm³/mol. The molecule has 0 N–H and O–H groups in total. The Balaban J connectivity index is 4.86. The molecule has 0 aromatic carbocycles. The maximum absolute atomic E-state index is 11.6. The first-order chi connectivity index (χ1) is 7.15. The number of hydrogen-bond donors (Lipinski definition) is 0. The van der Waals surface area contributed by atoms with E-state index in [-0.39, 0.29) is 0 Å². The summed E-state index contributed by atoms with van der Waals surface area (Å²) >= 11 is 0. The summed E-state index contributed by atoms with van der Waals surface area (Å²) in [6, 6.07) is 0. The van der Waals surface area contributed by atoms with Gasteiger partial charge in [0.1, 0.15) is 0 Å². The normalized spacial score (nSPS) is 14.6. The van der Waals surface area contributed by atoms with E-state index in [1.54, 1.807) is 0 Å². The van der Waals surface area contributed by atoms with E-state index in [0.717, 1.165) is 0 Å². The van der Waals surface area contributed by atoms with E-state index in [1.165, 1.54) is 0 Å². The molecule has 12 heteroatoms. The quantitative estimate of drug-likeness (QED) is 0.481. The molecule has 0 heterocycles. The van der Waals surface area contributed by atoms with Crippen LogP contribution in [0.2, 0.25) is 0 Å². The van der Waals surface area contributed by atoms with Crippen LogP contribution in [0.25, 0.3) is 0 Å². The van der Waals surface area contributed by atoms with E-state index >= 15 is 0 Å². The van der Waals surface area contributed by atoms with Gasteiger partial charge in [0.25, 0.3) is 6.29 Å². The van der Waals surface area contributed by atoms with Gasteiger partial charge in [0.15, 0.2) is 0 Å². The molecule has 0 bridgehead atoms. The molecule has 0 aliphatic rings. The lowest BCUT2D eigenvalue weighted by Crippen LogP contribution is -2.52. The van der Waals surface area contributed by atoms with Crippen molar-refractivity contribution in [2.75, 3.05) is 0 Å². The molecule has 92 valence electrons. The predicted octanol–water partition coefficient (Wildman–Crippen LogP) is 1.74. The van der Waals surface area contributed by atoms with E-state index in [0.29, 0.717) is 0 Å². The largest absolute Gasteiger partial charge is 0.414 e. The molecule has 6 nitrogen and oxygen atoms in total. The topological polar surface area (TPSA) is 55.4 Å². The van der Waals surface area contributed by atoms with Gasteiger partial charge < -0.3 is 0 Å². The molecule has 0 aliphatic carbocycles. The summed E-state index contributed by atoms with van der Waals surface area (Å²) in [5, 5.41) is 0. The molecule has 0 saturated carbocycles. The van der Waals surface area contributed by atoms with Gasteiger partial charge in [-0.25, -0.2) is 0 Å². The molecule has 0 saturated heterocycles. The Kier molecular flexibility index (Phi) is 6.46. The third kappa shape index (κ3) is 2.90. The molecular weight excluding hydrogens is 246 g/mol. The van der Waals surface area contributed by atoms with Crippen LogP contribution in [0.15, 0.2) is 0 Å². The van der Waals surface area contributed by atoms with Crippen molar-refractivity contribution in [3.8, 4) is 0 Å². The average molecular weight is 248 g/mol. The SMILES string of the molecule is FOC(OF)C(OF)C(OF)(OF)OF. The second-order valence-electron chi connectivity index (χ2n) is 1.89. The maximum Gasteiger partial charge on any atom is 0.414 e. The van der Waals surface area contributed by atoms with Gasteiger partial charge in [0, 0.05) is 0 Å². The Morgan fingerprint density at radius 2 is 1.07 bits per heavy atom. The summed E-state index contributed by atoms with van der Waals surface area (Å²) in [7, 11) is 0. The first-order valence-corrected chi connectivity index (χ1v) is 2.87. The van der Waals surface area contributed by atoms with Crippen molar-refractivity contribution in [2.45, 2.75) is 18.4 Å². The fourth-order valence-electron chi connectivity index (χ4n) is 0.538. The minimum Gasteiger partial charge on any atom is -0.176 e. The van der Waals surface area contributed by atoms with Crippen LogP contribution in [-0.2, 0) is 29.6 Å². The highest BCUT2D eigenvalue weighted by atomic mass is 19.3. The van der Waals surface area contributed by atoms with Gasteiger partial charge in [-0.15, -0.1) is 14.8 Å². The molecule has 0 fully saturated rings. The van der Waals surface area contributed by atoms with Crippen molar-refractivity contribution in [1.82, 2.24) is 0 Å². The molecule has 0 aromatic rings. The zero-order chi connectivity index (χ0) is 11.9. The third-order valence-electron chi connectivity index (χ3n) is 1.19. The van der Waals surface area contributed by atoms with Crippen molar-refractivity contribution in [1.29, 1.82) is 0 Å². The maximum atomic E-state index is 11.6. The zero-order valence-electron chi connectivity index (χ0n) is 6.37. The molecular formula is C3H2F6O6. The van der Waals surface area contributed by atoms with Crippen LogP contribution in [-0.4, -0.2) is 18.4 Å². The molecule has 0 aromatic heterocycles. The van der Waals surface area contributed by atoms with Gasteiger partial charge in [-0.05, 0) is 27.2 Å². The second-order valence-corrected chi connectivity index (χ2v) is 1.89. The molecule has 0 radical (unpaired) electrons. The summed E-state index contributed by atoms with van der Waals surface area (Å²) < 4.78 is 69.0. The summed E-state index contributed by atoms with van der Waals surface area (Å²) in [5.74, 6) is -4.21. The first kappa shape index (κ1) is 14.3. The Morgan fingerprint density at radius 3 is 1.27 bits per heavy atom. The van der Waals surface area contributed by atoms with Crippen LogP contribution < -0.4 is 0 Å². The third-order valence-corrected chi connectivity index (χ3v) is 1.19. The van der Waals surface area contributed by atoms with Gasteiger partial charge in [-0.2, -0.15) is 14.8 Å². The highest BCUT2D eigenvalue weighted by molar-refractivity contribution is 4.70. The Labute approximate surface area is 76.5 Å². The average Bonchev–Trinajstić information content (AvgIpc) is 2.30. The van der Waals surface area contributed by atoms with E-state index in [9.17, 15) is 27.2 Å².